The van der Waals surface area contributed by atoms with E-state index in [2.05, 4.69) is 6.08 Å². The highest BCUT2D eigenvalue weighted by Crippen LogP contribution is 2.42. The fraction of sp³-hybridized carbons (Fsp3) is 0.840. The SMILES string of the molecule is CC=CCC1OCC(OCCCC2CCC(C3CCC(C=C(F)F)CC3)CC2)CO1. The van der Waals surface area contributed by atoms with Gasteiger partial charge in [0.15, 0.2) is 6.29 Å². The normalized spacial score (nSPS) is 35.4. The van der Waals surface area contributed by atoms with Crippen molar-refractivity contribution in [1.29, 1.82) is 0 Å². The van der Waals surface area contributed by atoms with Gasteiger partial charge in [-0.3, -0.25) is 0 Å². The first-order chi connectivity index (χ1) is 14.6. The van der Waals surface area contributed by atoms with Crippen molar-refractivity contribution < 1.29 is 23.0 Å². The summed E-state index contributed by atoms with van der Waals surface area (Å²) < 4.78 is 42.2. The Kier molecular flexibility index (Phi) is 10.3. The highest BCUT2D eigenvalue weighted by atomic mass is 19.3. The zero-order valence-corrected chi connectivity index (χ0v) is 18.6. The zero-order valence-electron chi connectivity index (χ0n) is 18.6. The van der Waals surface area contributed by atoms with Gasteiger partial charge in [0.05, 0.1) is 13.2 Å². The van der Waals surface area contributed by atoms with Gasteiger partial charge in [-0.2, -0.15) is 8.78 Å². The lowest BCUT2D eigenvalue weighted by Crippen LogP contribution is -2.37. The summed E-state index contributed by atoms with van der Waals surface area (Å²) in [6.45, 7) is 4.05. The Balaban J connectivity index is 1.22. The number of rotatable bonds is 9. The first kappa shape index (κ1) is 23.9. The lowest BCUT2D eigenvalue weighted by molar-refractivity contribution is -0.224. The molecular weight excluding hydrogens is 386 g/mol. The molecule has 172 valence electrons. The summed E-state index contributed by atoms with van der Waals surface area (Å²) in [6.07, 6.45) is 16.4. The first-order valence-corrected chi connectivity index (χ1v) is 12.1. The minimum atomic E-state index is -1.50. The second-order valence-electron chi connectivity index (χ2n) is 9.45. The predicted octanol–water partition coefficient (Wildman–Crippen LogP) is 6.88. The van der Waals surface area contributed by atoms with Crippen LogP contribution in [0.4, 0.5) is 8.78 Å². The highest BCUT2D eigenvalue weighted by Gasteiger charge is 2.30. The van der Waals surface area contributed by atoms with Crippen LogP contribution in [-0.2, 0) is 14.2 Å². The molecule has 30 heavy (non-hydrogen) atoms. The van der Waals surface area contributed by atoms with E-state index < -0.39 is 6.08 Å². The van der Waals surface area contributed by atoms with E-state index in [4.69, 9.17) is 14.2 Å². The predicted molar refractivity (Wildman–Crippen MR) is 115 cm³/mol. The van der Waals surface area contributed by atoms with Crippen molar-refractivity contribution in [1.82, 2.24) is 0 Å². The van der Waals surface area contributed by atoms with Gasteiger partial charge in [0, 0.05) is 13.0 Å². The number of halogens is 2. The molecule has 2 saturated carbocycles. The van der Waals surface area contributed by atoms with Crippen LogP contribution in [0.2, 0.25) is 0 Å². The number of ether oxygens (including phenoxy) is 3. The van der Waals surface area contributed by atoms with E-state index in [1.807, 2.05) is 13.0 Å². The first-order valence-electron chi connectivity index (χ1n) is 12.1. The van der Waals surface area contributed by atoms with Gasteiger partial charge in [0.1, 0.15) is 6.10 Å². The molecule has 0 N–H and O–H groups in total. The minimum absolute atomic E-state index is 0.0680. The van der Waals surface area contributed by atoms with Gasteiger partial charge in [-0.15, -0.1) is 0 Å². The molecule has 1 aliphatic heterocycles. The van der Waals surface area contributed by atoms with Crippen LogP contribution in [0.1, 0.15) is 77.6 Å². The average molecular weight is 427 g/mol. The Labute approximate surface area is 181 Å². The van der Waals surface area contributed by atoms with Crippen LogP contribution in [0.3, 0.4) is 0 Å². The molecule has 0 atom stereocenters. The van der Waals surface area contributed by atoms with Crippen LogP contribution in [0, 0.1) is 23.7 Å². The van der Waals surface area contributed by atoms with Crippen molar-refractivity contribution >= 4 is 0 Å². The van der Waals surface area contributed by atoms with Gasteiger partial charge in [-0.1, -0.05) is 25.0 Å². The Morgan fingerprint density at radius 1 is 0.933 bits per heavy atom. The molecule has 0 bridgehead atoms. The Hall–Kier alpha value is -0.780. The second kappa shape index (κ2) is 12.9. The molecule has 3 fully saturated rings. The molecule has 0 unspecified atom stereocenters. The molecular formula is C25H40F2O3. The van der Waals surface area contributed by atoms with Gasteiger partial charge in [0.2, 0.25) is 0 Å². The summed E-state index contributed by atoms with van der Waals surface area (Å²) >= 11 is 0. The Bertz CT molecular complexity index is 523. The van der Waals surface area contributed by atoms with E-state index >= 15 is 0 Å². The van der Waals surface area contributed by atoms with Crippen molar-refractivity contribution in [3.8, 4) is 0 Å². The number of hydrogen-bond donors (Lipinski definition) is 0. The lowest BCUT2D eigenvalue weighted by Gasteiger charge is -2.37. The maximum absolute atomic E-state index is 12.4. The van der Waals surface area contributed by atoms with Gasteiger partial charge >= 0.3 is 0 Å². The van der Waals surface area contributed by atoms with Crippen LogP contribution in [0.25, 0.3) is 0 Å². The molecule has 0 aromatic heterocycles. The number of hydrogen-bond acceptors (Lipinski definition) is 3. The van der Waals surface area contributed by atoms with Crippen molar-refractivity contribution in [3.05, 3.63) is 24.3 Å². The Morgan fingerprint density at radius 2 is 1.57 bits per heavy atom. The molecule has 5 heteroatoms. The van der Waals surface area contributed by atoms with Crippen molar-refractivity contribution in [2.24, 2.45) is 23.7 Å². The van der Waals surface area contributed by atoms with Crippen molar-refractivity contribution in [2.75, 3.05) is 19.8 Å². The van der Waals surface area contributed by atoms with Crippen molar-refractivity contribution in [2.45, 2.75) is 89.9 Å². The molecule has 0 aromatic rings. The van der Waals surface area contributed by atoms with E-state index in [0.29, 0.717) is 13.2 Å². The monoisotopic (exact) mass is 426 g/mol. The van der Waals surface area contributed by atoms with E-state index in [-0.39, 0.29) is 18.3 Å². The molecule has 0 aromatic carbocycles. The summed E-state index contributed by atoms with van der Waals surface area (Å²) in [4.78, 5) is 0. The average Bonchev–Trinajstić information content (AvgIpc) is 2.77. The van der Waals surface area contributed by atoms with E-state index in [0.717, 1.165) is 62.9 Å². The van der Waals surface area contributed by atoms with Crippen LogP contribution >= 0.6 is 0 Å². The highest BCUT2D eigenvalue weighted by molar-refractivity contribution is 4.92. The van der Waals surface area contributed by atoms with Crippen LogP contribution in [0.5, 0.6) is 0 Å². The number of allylic oxidation sites excluding steroid dienone is 2. The van der Waals surface area contributed by atoms with E-state index in [9.17, 15) is 8.78 Å². The summed E-state index contributed by atoms with van der Waals surface area (Å²) in [5.41, 5.74) is 0. The molecule has 0 amide bonds. The van der Waals surface area contributed by atoms with E-state index in [1.165, 1.54) is 38.2 Å². The molecule has 0 radical (unpaired) electrons. The summed E-state index contributed by atoms with van der Waals surface area (Å²) in [6, 6.07) is 0. The minimum Gasteiger partial charge on any atom is -0.373 e. The lowest BCUT2D eigenvalue weighted by atomic mass is 9.69. The second-order valence-corrected chi connectivity index (χ2v) is 9.45. The third-order valence-corrected chi connectivity index (χ3v) is 7.35. The smallest absolute Gasteiger partial charge is 0.266 e. The molecule has 1 saturated heterocycles. The summed E-state index contributed by atoms with van der Waals surface area (Å²) in [7, 11) is 0. The van der Waals surface area contributed by atoms with Crippen LogP contribution < -0.4 is 0 Å². The molecule has 3 rings (SSSR count). The van der Waals surface area contributed by atoms with Gasteiger partial charge in [0.25, 0.3) is 6.08 Å². The summed E-state index contributed by atoms with van der Waals surface area (Å²) in [5, 5.41) is 0. The largest absolute Gasteiger partial charge is 0.373 e. The summed E-state index contributed by atoms with van der Waals surface area (Å²) in [5.74, 6) is 2.53. The fourth-order valence-corrected chi connectivity index (χ4v) is 5.54. The molecule has 3 nitrogen and oxygen atoms in total. The third kappa shape index (κ3) is 8.05. The Morgan fingerprint density at radius 3 is 2.17 bits per heavy atom. The van der Waals surface area contributed by atoms with Crippen molar-refractivity contribution in [3.63, 3.8) is 0 Å². The molecule has 0 spiro atoms. The van der Waals surface area contributed by atoms with Crippen LogP contribution in [-0.4, -0.2) is 32.2 Å². The third-order valence-electron chi connectivity index (χ3n) is 7.35. The molecule has 2 aliphatic carbocycles. The molecule has 1 heterocycles. The maximum Gasteiger partial charge on any atom is 0.266 e. The van der Waals surface area contributed by atoms with Gasteiger partial charge < -0.3 is 14.2 Å². The maximum atomic E-state index is 12.4. The van der Waals surface area contributed by atoms with Gasteiger partial charge in [-0.25, -0.2) is 0 Å². The standard InChI is InChI=1S/C25H40F2O3/c1-2-3-6-25-29-17-23(18-30-25)28-15-4-5-19-7-11-21(12-8-19)22-13-9-20(10-14-22)16-24(26)27/h2-3,16,19-23,25H,4-15,17-18H2,1H3. The fourth-order valence-electron chi connectivity index (χ4n) is 5.54. The topological polar surface area (TPSA) is 27.7 Å². The quantitative estimate of drug-likeness (QED) is 0.297. The van der Waals surface area contributed by atoms with Crippen LogP contribution in [0.15, 0.2) is 24.3 Å². The molecule has 3 aliphatic rings. The van der Waals surface area contributed by atoms with E-state index in [1.54, 1.807) is 0 Å². The zero-order chi connectivity index (χ0) is 21.2. The van der Waals surface area contributed by atoms with Gasteiger partial charge in [-0.05, 0) is 88.0 Å².